The van der Waals surface area contributed by atoms with Gasteiger partial charge in [0.05, 0.1) is 13.2 Å². The molecule has 0 fully saturated rings. The molecule has 0 radical (unpaired) electrons. The summed E-state index contributed by atoms with van der Waals surface area (Å²) in [6.07, 6.45) is -9.21. The van der Waals surface area contributed by atoms with Crippen LogP contribution in [0.1, 0.15) is 0 Å². The normalized spacial score (nSPS) is 13.4. The molecule has 0 aliphatic rings. The quantitative estimate of drug-likeness (QED) is 0.564. The van der Waals surface area contributed by atoms with E-state index in [0.717, 1.165) is 0 Å². The summed E-state index contributed by atoms with van der Waals surface area (Å²) in [4.78, 5) is 0. The Balaban J connectivity index is 3.28. The van der Waals surface area contributed by atoms with Crippen molar-refractivity contribution in [3.63, 3.8) is 0 Å². The number of ether oxygens (including phenoxy) is 1. The third-order valence-electron chi connectivity index (χ3n) is 0.870. The Morgan fingerprint density at radius 2 is 1.54 bits per heavy atom. The molecular formula is C5H7F6NO. The zero-order chi connectivity index (χ0) is 10.5. The Hall–Kier alpha value is -0.500. The summed E-state index contributed by atoms with van der Waals surface area (Å²) in [7, 11) is 0. The molecule has 0 aromatic carbocycles. The van der Waals surface area contributed by atoms with Crippen LogP contribution in [0.5, 0.6) is 0 Å². The highest BCUT2D eigenvalue weighted by atomic mass is 19.4. The van der Waals surface area contributed by atoms with Crippen LogP contribution in [-0.2, 0) is 4.74 Å². The smallest absolute Gasteiger partial charge is 0.306 e. The second kappa shape index (κ2) is 4.66. The maximum absolute atomic E-state index is 11.4. The summed E-state index contributed by atoms with van der Waals surface area (Å²) < 4.78 is 71.1. The highest BCUT2D eigenvalue weighted by Gasteiger charge is 2.29. The van der Waals surface area contributed by atoms with Gasteiger partial charge in [-0.05, 0) is 0 Å². The zero-order valence-electron chi connectivity index (χ0n) is 6.30. The largest absolute Gasteiger partial charge is 0.522 e. The molecule has 0 saturated carbocycles. The molecule has 8 heteroatoms. The molecule has 80 valence electrons. The molecule has 0 aliphatic heterocycles. The van der Waals surface area contributed by atoms with Crippen LogP contribution in [0.15, 0.2) is 0 Å². The second-order valence-corrected chi connectivity index (χ2v) is 2.09. The van der Waals surface area contributed by atoms with Crippen LogP contribution in [0, 0.1) is 0 Å². The Morgan fingerprint density at radius 1 is 1.00 bits per heavy atom. The first-order valence-electron chi connectivity index (χ1n) is 3.19. The van der Waals surface area contributed by atoms with Crippen molar-refractivity contribution in [2.45, 2.75) is 12.5 Å². The lowest BCUT2D eigenvalue weighted by Gasteiger charge is -2.09. The fourth-order valence-corrected chi connectivity index (χ4v) is 0.469. The predicted octanol–water partition coefficient (Wildman–Crippen LogP) is 1.67. The number of halogens is 6. The minimum Gasteiger partial charge on any atom is -0.306 e. The lowest BCUT2D eigenvalue weighted by molar-refractivity contribution is -0.323. The van der Waals surface area contributed by atoms with Crippen LogP contribution in [0.3, 0.4) is 0 Å². The number of rotatable bonds is 4. The molecule has 13 heavy (non-hydrogen) atoms. The van der Waals surface area contributed by atoms with Crippen LogP contribution >= 0.6 is 0 Å². The van der Waals surface area contributed by atoms with Crippen LogP contribution in [-0.4, -0.2) is 32.2 Å². The molecule has 0 unspecified atom stereocenters. The van der Waals surface area contributed by atoms with E-state index in [1.165, 1.54) is 0 Å². The van der Waals surface area contributed by atoms with Crippen molar-refractivity contribution < 1.29 is 31.1 Å². The summed E-state index contributed by atoms with van der Waals surface area (Å²) in [6, 6.07) is 0. The molecule has 0 saturated heterocycles. The molecule has 0 rings (SSSR count). The molecule has 1 N–H and O–H groups in total. The number of hydrogen-bond acceptors (Lipinski definition) is 2. The molecule has 0 bridgehead atoms. The van der Waals surface area contributed by atoms with Gasteiger partial charge < -0.3 is 5.32 Å². The standard InChI is InChI=1S/C5H7F6NO/c6-4(7,8)3-12-1-2-13-5(9,10)11/h12H,1-3H2. The highest BCUT2D eigenvalue weighted by Crippen LogP contribution is 2.15. The van der Waals surface area contributed by atoms with Crippen LogP contribution in [0.2, 0.25) is 0 Å². The topological polar surface area (TPSA) is 21.3 Å². The molecule has 0 aromatic heterocycles. The van der Waals surface area contributed by atoms with Gasteiger partial charge in [0, 0.05) is 6.54 Å². The van der Waals surface area contributed by atoms with E-state index < -0.39 is 32.2 Å². The molecule has 0 atom stereocenters. The highest BCUT2D eigenvalue weighted by molar-refractivity contribution is 4.54. The van der Waals surface area contributed by atoms with Gasteiger partial charge in [-0.15, -0.1) is 13.2 Å². The maximum atomic E-state index is 11.4. The van der Waals surface area contributed by atoms with Gasteiger partial charge >= 0.3 is 12.5 Å². The van der Waals surface area contributed by atoms with Gasteiger partial charge in [0.1, 0.15) is 0 Å². The summed E-state index contributed by atoms with van der Waals surface area (Å²) in [5, 5.41) is 1.75. The molecule has 2 nitrogen and oxygen atoms in total. The van der Waals surface area contributed by atoms with Crippen molar-refractivity contribution in [3.05, 3.63) is 0 Å². The second-order valence-electron chi connectivity index (χ2n) is 2.09. The van der Waals surface area contributed by atoms with Crippen molar-refractivity contribution in [1.82, 2.24) is 5.32 Å². The van der Waals surface area contributed by atoms with Gasteiger partial charge in [0.15, 0.2) is 0 Å². The summed E-state index contributed by atoms with van der Waals surface area (Å²) >= 11 is 0. The van der Waals surface area contributed by atoms with E-state index in [0.29, 0.717) is 0 Å². The molecule has 0 aliphatic carbocycles. The van der Waals surface area contributed by atoms with Gasteiger partial charge in [0.25, 0.3) is 0 Å². The molecule has 0 heterocycles. The predicted molar refractivity (Wildman–Crippen MR) is 30.9 cm³/mol. The molecule has 0 spiro atoms. The first kappa shape index (κ1) is 12.5. The van der Waals surface area contributed by atoms with Crippen molar-refractivity contribution in [2.75, 3.05) is 19.7 Å². The van der Waals surface area contributed by atoms with Crippen molar-refractivity contribution in [3.8, 4) is 0 Å². The Morgan fingerprint density at radius 3 is 1.92 bits per heavy atom. The minimum absolute atomic E-state index is 0.501. The minimum atomic E-state index is -4.79. The number of nitrogens with one attached hydrogen (secondary N) is 1. The van der Waals surface area contributed by atoms with Gasteiger partial charge in [-0.3, -0.25) is 4.74 Å². The van der Waals surface area contributed by atoms with E-state index in [1.807, 2.05) is 0 Å². The van der Waals surface area contributed by atoms with Crippen molar-refractivity contribution >= 4 is 0 Å². The average molecular weight is 211 g/mol. The van der Waals surface area contributed by atoms with Crippen molar-refractivity contribution in [2.24, 2.45) is 0 Å². The van der Waals surface area contributed by atoms with E-state index in [1.54, 1.807) is 5.32 Å². The van der Waals surface area contributed by atoms with Crippen LogP contribution in [0.4, 0.5) is 26.3 Å². The Kier molecular flexibility index (Phi) is 4.48. The summed E-state index contributed by atoms with van der Waals surface area (Å²) in [5.41, 5.74) is 0. The Labute approximate surface area is 69.9 Å². The van der Waals surface area contributed by atoms with Gasteiger partial charge in [0.2, 0.25) is 0 Å². The monoisotopic (exact) mass is 211 g/mol. The number of alkyl halides is 6. The average Bonchev–Trinajstić information content (AvgIpc) is 1.81. The SMILES string of the molecule is FC(F)(F)CNCCOC(F)(F)F. The van der Waals surface area contributed by atoms with E-state index in [2.05, 4.69) is 4.74 Å². The first-order chi connectivity index (χ1) is 5.71. The Bertz CT molecular complexity index is 125. The van der Waals surface area contributed by atoms with Crippen LogP contribution < -0.4 is 5.32 Å². The van der Waals surface area contributed by atoms with Gasteiger partial charge in [-0.2, -0.15) is 13.2 Å². The van der Waals surface area contributed by atoms with E-state index >= 15 is 0 Å². The third kappa shape index (κ3) is 11.5. The van der Waals surface area contributed by atoms with E-state index in [4.69, 9.17) is 0 Å². The summed E-state index contributed by atoms with van der Waals surface area (Å²) in [5.74, 6) is 0. The molecule has 0 aromatic rings. The molecule has 0 amide bonds. The number of hydrogen-bond donors (Lipinski definition) is 1. The lowest BCUT2D eigenvalue weighted by Crippen LogP contribution is -2.32. The van der Waals surface area contributed by atoms with E-state index in [9.17, 15) is 26.3 Å². The summed E-state index contributed by atoms with van der Waals surface area (Å²) in [6.45, 7) is -2.66. The van der Waals surface area contributed by atoms with Crippen molar-refractivity contribution in [1.29, 1.82) is 0 Å². The first-order valence-corrected chi connectivity index (χ1v) is 3.19. The lowest BCUT2D eigenvalue weighted by atomic mass is 10.6. The maximum Gasteiger partial charge on any atom is 0.522 e. The van der Waals surface area contributed by atoms with Crippen LogP contribution in [0.25, 0.3) is 0 Å². The van der Waals surface area contributed by atoms with Gasteiger partial charge in [-0.25, -0.2) is 0 Å². The zero-order valence-corrected chi connectivity index (χ0v) is 6.30. The third-order valence-corrected chi connectivity index (χ3v) is 0.870. The van der Waals surface area contributed by atoms with E-state index in [-0.39, 0.29) is 0 Å². The molecular weight excluding hydrogens is 204 g/mol. The fourth-order valence-electron chi connectivity index (χ4n) is 0.469. The van der Waals surface area contributed by atoms with Gasteiger partial charge in [-0.1, -0.05) is 0 Å². The fraction of sp³-hybridized carbons (Fsp3) is 1.00.